The van der Waals surface area contributed by atoms with Crippen molar-refractivity contribution in [3.8, 4) is 22.6 Å². The summed E-state index contributed by atoms with van der Waals surface area (Å²) in [6.45, 7) is 0. The fourth-order valence-electron chi connectivity index (χ4n) is 1.82. The largest absolute Gasteiger partial charge is 0.265 e. The van der Waals surface area contributed by atoms with Crippen molar-refractivity contribution in [3.63, 3.8) is 0 Å². The lowest BCUT2D eigenvalue weighted by Crippen LogP contribution is -1.93. The van der Waals surface area contributed by atoms with Gasteiger partial charge in [0.1, 0.15) is 0 Å². The second-order valence-corrected chi connectivity index (χ2v) is 4.50. The highest BCUT2D eigenvalue weighted by molar-refractivity contribution is 7.80. The monoisotopic (exact) mass is 265 g/mol. The van der Waals surface area contributed by atoms with Gasteiger partial charge < -0.3 is 0 Å². The Kier molecular flexibility index (Phi) is 3.25. The van der Waals surface area contributed by atoms with Crippen LogP contribution in [0.15, 0.2) is 66.0 Å². The van der Waals surface area contributed by atoms with E-state index in [9.17, 15) is 0 Å². The van der Waals surface area contributed by atoms with Crippen LogP contribution in [0.4, 0.5) is 0 Å². The summed E-state index contributed by atoms with van der Waals surface area (Å²) < 4.78 is 0. The molecule has 0 fully saturated rings. The molecule has 0 radical (unpaired) electrons. The van der Waals surface area contributed by atoms with Crippen molar-refractivity contribution in [2.45, 2.75) is 5.03 Å². The molecule has 0 saturated heterocycles. The first kappa shape index (κ1) is 11.9. The molecule has 3 nitrogen and oxygen atoms in total. The van der Waals surface area contributed by atoms with E-state index in [1.807, 2.05) is 48.5 Å². The molecule has 0 atom stereocenters. The molecule has 3 rings (SSSR count). The van der Waals surface area contributed by atoms with Gasteiger partial charge in [0.25, 0.3) is 0 Å². The topological polar surface area (TPSA) is 38.7 Å². The molecule has 1 aromatic carbocycles. The SMILES string of the molecule is Sc1cc(-c2ccccc2)nc(-c2ccncc2)n1. The maximum absolute atomic E-state index is 4.59. The van der Waals surface area contributed by atoms with Crippen LogP contribution in [-0.4, -0.2) is 15.0 Å². The first-order chi connectivity index (χ1) is 9.33. The summed E-state index contributed by atoms with van der Waals surface area (Å²) in [6, 6.07) is 15.6. The standard InChI is InChI=1S/C15H11N3S/c19-14-10-13(11-4-2-1-3-5-11)17-15(18-14)12-6-8-16-9-7-12/h1-10H,(H,17,18,19). The maximum atomic E-state index is 4.59. The van der Waals surface area contributed by atoms with Crippen molar-refractivity contribution in [1.29, 1.82) is 0 Å². The zero-order valence-corrected chi connectivity index (χ0v) is 11.0. The summed E-state index contributed by atoms with van der Waals surface area (Å²) in [7, 11) is 0. The fraction of sp³-hybridized carbons (Fsp3) is 0. The minimum atomic E-state index is 0.653. The van der Waals surface area contributed by atoms with Crippen molar-refractivity contribution < 1.29 is 0 Å². The van der Waals surface area contributed by atoms with Crippen molar-refractivity contribution in [3.05, 3.63) is 60.9 Å². The number of nitrogens with zero attached hydrogens (tertiary/aromatic N) is 3. The molecular weight excluding hydrogens is 254 g/mol. The third-order valence-corrected chi connectivity index (χ3v) is 2.95. The minimum Gasteiger partial charge on any atom is -0.265 e. The van der Waals surface area contributed by atoms with Crippen LogP contribution in [0, 0.1) is 0 Å². The fourth-order valence-corrected chi connectivity index (χ4v) is 2.04. The van der Waals surface area contributed by atoms with E-state index in [2.05, 4.69) is 27.6 Å². The van der Waals surface area contributed by atoms with Gasteiger partial charge in [0, 0.05) is 23.5 Å². The molecule has 0 saturated carbocycles. The predicted octanol–water partition coefficient (Wildman–Crippen LogP) is 3.49. The van der Waals surface area contributed by atoms with Gasteiger partial charge in [-0.3, -0.25) is 4.98 Å². The van der Waals surface area contributed by atoms with Crippen LogP contribution in [-0.2, 0) is 0 Å². The molecule has 0 aliphatic heterocycles. The van der Waals surface area contributed by atoms with Gasteiger partial charge in [0.2, 0.25) is 0 Å². The molecule has 0 aliphatic carbocycles. The smallest absolute Gasteiger partial charge is 0.161 e. The number of hydrogen-bond acceptors (Lipinski definition) is 4. The van der Waals surface area contributed by atoms with E-state index in [-0.39, 0.29) is 0 Å². The Balaban J connectivity index is 2.12. The Morgan fingerprint density at radius 3 is 2.26 bits per heavy atom. The first-order valence-corrected chi connectivity index (χ1v) is 6.31. The molecule has 0 bridgehead atoms. The zero-order valence-electron chi connectivity index (χ0n) is 10.1. The lowest BCUT2D eigenvalue weighted by Gasteiger charge is -2.05. The summed E-state index contributed by atoms with van der Waals surface area (Å²) in [4.78, 5) is 12.9. The van der Waals surface area contributed by atoms with Crippen molar-refractivity contribution in [2.24, 2.45) is 0 Å². The number of hydrogen-bond donors (Lipinski definition) is 1. The highest BCUT2D eigenvalue weighted by Gasteiger charge is 2.06. The number of benzene rings is 1. The van der Waals surface area contributed by atoms with Crippen molar-refractivity contribution in [1.82, 2.24) is 15.0 Å². The van der Waals surface area contributed by atoms with E-state index in [1.165, 1.54) is 0 Å². The van der Waals surface area contributed by atoms with Crippen LogP contribution in [0.25, 0.3) is 22.6 Å². The van der Waals surface area contributed by atoms with Gasteiger partial charge in [-0.1, -0.05) is 30.3 Å². The highest BCUT2D eigenvalue weighted by atomic mass is 32.1. The second kappa shape index (κ2) is 5.20. The third kappa shape index (κ3) is 2.63. The number of rotatable bonds is 2. The normalized spacial score (nSPS) is 10.4. The van der Waals surface area contributed by atoms with E-state index < -0.39 is 0 Å². The molecule has 0 unspecified atom stereocenters. The molecule has 4 heteroatoms. The summed E-state index contributed by atoms with van der Waals surface area (Å²) in [5, 5.41) is 0.653. The Bertz CT molecular complexity index is 627. The molecule has 0 spiro atoms. The van der Waals surface area contributed by atoms with E-state index in [4.69, 9.17) is 0 Å². The van der Waals surface area contributed by atoms with Crippen LogP contribution in [0.1, 0.15) is 0 Å². The molecule has 92 valence electrons. The second-order valence-electron chi connectivity index (χ2n) is 4.04. The van der Waals surface area contributed by atoms with E-state index in [0.717, 1.165) is 16.8 Å². The van der Waals surface area contributed by atoms with Crippen LogP contribution >= 0.6 is 12.6 Å². The van der Waals surface area contributed by atoms with Gasteiger partial charge in [-0.25, -0.2) is 9.97 Å². The highest BCUT2D eigenvalue weighted by Crippen LogP contribution is 2.23. The Morgan fingerprint density at radius 1 is 0.789 bits per heavy atom. The quantitative estimate of drug-likeness (QED) is 0.569. The third-order valence-electron chi connectivity index (χ3n) is 2.72. The summed E-state index contributed by atoms with van der Waals surface area (Å²) in [5.74, 6) is 0.661. The number of thiol groups is 1. The van der Waals surface area contributed by atoms with Crippen molar-refractivity contribution in [2.75, 3.05) is 0 Å². The van der Waals surface area contributed by atoms with Gasteiger partial charge in [-0.15, -0.1) is 12.6 Å². The van der Waals surface area contributed by atoms with Crippen molar-refractivity contribution >= 4 is 12.6 Å². The molecule has 2 heterocycles. The zero-order chi connectivity index (χ0) is 13.1. The molecule has 3 aromatic rings. The molecule has 19 heavy (non-hydrogen) atoms. The summed E-state index contributed by atoms with van der Waals surface area (Å²) >= 11 is 4.36. The molecule has 2 aromatic heterocycles. The van der Waals surface area contributed by atoms with E-state index >= 15 is 0 Å². The molecular formula is C15H11N3S. The number of aromatic nitrogens is 3. The van der Waals surface area contributed by atoms with Gasteiger partial charge in [-0.05, 0) is 18.2 Å². The van der Waals surface area contributed by atoms with Crippen LogP contribution in [0.2, 0.25) is 0 Å². The van der Waals surface area contributed by atoms with Gasteiger partial charge in [-0.2, -0.15) is 0 Å². The van der Waals surface area contributed by atoms with Gasteiger partial charge in [0.15, 0.2) is 5.82 Å². The lowest BCUT2D eigenvalue weighted by molar-refractivity contribution is 1.07. The van der Waals surface area contributed by atoms with Gasteiger partial charge >= 0.3 is 0 Å². The Morgan fingerprint density at radius 2 is 1.53 bits per heavy atom. The predicted molar refractivity (Wildman–Crippen MR) is 78.0 cm³/mol. The summed E-state index contributed by atoms with van der Waals surface area (Å²) in [6.07, 6.45) is 3.46. The summed E-state index contributed by atoms with van der Waals surface area (Å²) in [5.41, 5.74) is 2.85. The molecule has 0 N–H and O–H groups in total. The van der Waals surface area contributed by atoms with Gasteiger partial charge in [0.05, 0.1) is 10.7 Å². The first-order valence-electron chi connectivity index (χ1n) is 5.87. The average Bonchev–Trinajstić information content (AvgIpc) is 2.48. The van der Waals surface area contributed by atoms with E-state index in [0.29, 0.717) is 10.9 Å². The number of pyridine rings is 1. The minimum absolute atomic E-state index is 0.653. The molecule has 0 aliphatic rings. The Labute approximate surface area is 116 Å². The Hall–Kier alpha value is -2.20. The van der Waals surface area contributed by atoms with Crippen LogP contribution < -0.4 is 0 Å². The average molecular weight is 265 g/mol. The van der Waals surface area contributed by atoms with Crippen LogP contribution in [0.3, 0.4) is 0 Å². The van der Waals surface area contributed by atoms with E-state index in [1.54, 1.807) is 12.4 Å². The molecule has 0 amide bonds. The lowest BCUT2D eigenvalue weighted by atomic mass is 10.1. The maximum Gasteiger partial charge on any atom is 0.161 e. The van der Waals surface area contributed by atoms with Crippen LogP contribution in [0.5, 0.6) is 0 Å².